The molecule has 0 fully saturated rings. The van der Waals surface area contributed by atoms with Crippen LogP contribution in [0.25, 0.3) is 11.3 Å². The smallest absolute Gasteiger partial charge is 0.335 e. The van der Waals surface area contributed by atoms with Gasteiger partial charge >= 0.3 is 5.97 Å². The highest BCUT2D eigenvalue weighted by molar-refractivity contribution is 9.10. The molecule has 0 saturated heterocycles. The van der Waals surface area contributed by atoms with Crippen LogP contribution in [0.2, 0.25) is 0 Å². The standard InChI is InChI=1S/C16H11BrN4O4/c17-13-5-3-10(4-6-13)14-9-20(19-18-14)8-12-2-1-11(16(22)23)7-15(12)21(24)25/h1-7,9H,8H2,(H,22,23). The fourth-order valence-corrected chi connectivity index (χ4v) is 2.57. The second-order valence-electron chi connectivity index (χ2n) is 5.21. The molecule has 1 heterocycles. The van der Waals surface area contributed by atoms with E-state index in [-0.39, 0.29) is 17.8 Å². The quantitative estimate of drug-likeness (QED) is 0.517. The average molecular weight is 403 g/mol. The van der Waals surface area contributed by atoms with E-state index in [1.165, 1.54) is 16.8 Å². The molecule has 0 radical (unpaired) electrons. The summed E-state index contributed by atoms with van der Waals surface area (Å²) >= 11 is 3.36. The van der Waals surface area contributed by atoms with Crippen molar-refractivity contribution >= 4 is 27.6 Å². The first-order valence-corrected chi connectivity index (χ1v) is 7.90. The molecule has 0 spiro atoms. The largest absolute Gasteiger partial charge is 0.478 e. The summed E-state index contributed by atoms with van der Waals surface area (Å²) in [6, 6.07) is 11.3. The molecule has 1 aromatic heterocycles. The maximum Gasteiger partial charge on any atom is 0.335 e. The number of carbonyl (C=O) groups is 1. The summed E-state index contributed by atoms with van der Waals surface area (Å²) in [5.41, 5.74) is 1.45. The number of aromatic carboxylic acids is 1. The van der Waals surface area contributed by atoms with Crippen molar-refractivity contribution in [1.82, 2.24) is 15.0 Å². The normalized spacial score (nSPS) is 10.6. The van der Waals surface area contributed by atoms with Crippen LogP contribution in [0.15, 0.2) is 53.1 Å². The lowest BCUT2D eigenvalue weighted by molar-refractivity contribution is -0.385. The number of nitrogens with zero attached hydrogens (tertiary/aromatic N) is 4. The molecule has 25 heavy (non-hydrogen) atoms. The minimum atomic E-state index is -1.21. The second kappa shape index (κ2) is 6.81. The molecule has 0 aliphatic heterocycles. The zero-order valence-corrected chi connectivity index (χ0v) is 14.3. The second-order valence-corrected chi connectivity index (χ2v) is 6.13. The molecule has 0 bridgehead atoms. The topological polar surface area (TPSA) is 111 Å². The third-order valence-electron chi connectivity index (χ3n) is 3.54. The van der Waals surface area contributed by atoms with Gasteiger partial charge in [-0.1, -0.05) is 33.3 Å². The summed E-state index contributed by atoms with van der Waals surface area (Å²) in [6.45, 7) is 0.111. The highest BCUT2D eigenvalue weighted by atomic mass is 79.9. The third kappa shape index (κ3) is 3.72. The molecule has 0 aliphatic carbocycles. The van der Waals surface area contributed by atoms with E-state index in [1.54, 1.807) is 6.20 Å². The van der Waals surface area contributed by atoms with Crippen molar-refractivity contribution in [3.63, 3.8) is 0 Å². The number of hydrogen-bond acceptors (Lipinski definition) is 5. The molecule has 0 aliphatic rings. The zero-order chi connectivity index (χ0) is 18.0. The lowest BCUT2D eigenvalue weighted by Gasteiger charge is -2.04. The van der Waals surface area contributed by atoms with Gasteiger partial charge < -0.3 is 5.11 Å². The van der Waals surface area contributed by atoms with Crippen LogP contribution in [0.4, 0.5) is 5.69 Å². The van der Waals surface area contributed by atoms with Crippen LogP contribution in [0.5, 0.6) is 0 Å². The van der Waals surface area contributed by atoms with Crippen LogP contribution in [-0.4, -0.2) is 31.0 Å². The van der Waals surface area contributed by atoms with E-state index in [1.807, 2.05) is 24.3 Å². The van der Waals surface area contributed by atoms with Gasteiger partial charge in [0.1, 0.15) is 5.69 Å². The fraction of sp³-hybridized carbons (Fsp3) is 0.0625. The van der Waals surface area contributed by atoms with Gasteiger partial charge in [0.25, 0.3) is 5.69 Å². The minimum absolute atomic E-state index is 0.111. The van der Waals surface area contributed by atoms with E-state index in [4.69, 9.17) is 5.11 Å². The Morgan fingerprint density at radius 1 is 1.24 bits per heavy atom. The number of benzene rings is 2. The molecule has 0 atom stereocenters. The molecular formula is C16H11BrN4O4. The van der Waals surface area contributed by atoms with Crippen LogP contribution >= 0.6 is 15.9 Å². The maximum absolute atomic E-state index is 11.2. The van der Waals surface area contributed by atoms with Gasteiger partial charge in [0.15, 0.2) is 0 Å². The van der Waals surface area contributed by atoms with Gasteiger partial charge in [0.2, 0.25) is 0 Å². The highest BCUT2D eigenvalue weighted by Crippen LogP contribution is 2.23. The first kappa shape index (κ1) is 16.8. The number of nitro benzene ring substituents is 1. The third-order valence-corrected chi connectivity index (χ3v) is 4.07. The Labute approximate surface area is 150 Å². The molecule has 9 heteroatoms. The Kier molecular flexibility index (Phi) is 4.57. The van der Waals surface area contributed by atoms with Crippen LogP contribution in [0.3, 0.4) is 0 Å². The Morgan fingerprint density at radius 3 is 2.60 bits per heavy atom. The number of rotatable bonds is 5. The van der Waals surface area contributed by atoms with Crippen LogP contribution in [-0.2, 0) is 6.54 Å². The van der Waals surface area contributed by atoms with E-state index in [0.29, 0.717) is 11.3 Å². The summed E-state index contributed by atoms with van der Waals surface area (Å²) in [7, 11) is 0. The molecule has 3 rings (SSSR count). The zero-order valence-electron chi connectivity index (χ0n) is 12.7. The van der Waals surface area contributed by atoms with E-state index in [2.05, 4.69) is 26.2 Å². The minimum Gasteiger partial charge on any atom is -0.478 e. The molecule has 0 saturated carbocycles. The Hall–Kier alpha value is -3.07. The first-order valence-electron chi connectivity index (χ1n) is 7.11. The molecule has 3 aromatic rings. The molecule has 0 unspecified atom stereocenters. The number of hydrogen-bond donors (Lipinski definition) is 1. The van der Waals surface area contributed by atoms with Crippen molar-refractivity contribution in [3.05, 3.63) is 74.4 Å². The van der Waals surface area contributed by atoms with Gasteiger partial charge in [-0.05, 0) is 24.3 Å². The van der Waals surface area contributed by atoms with Gasteiger partial charge in [-0.15, -0.1) is 5.10 Å². The lowest BCUT2D eigenvalue weighted by atomic mass is 10.1. The van der Waals surface area contributed by atoms with E-state index < -0.39 is 10.9 Å². The molecule has 1 N–H and O–H groups in total. The summed E-state index contributed by atoms with van der Waals surface area (Å²) in [6.07, 6.45) is 1.68. The Balaban J connectivity index is 1.89. The van der Waals surface area contributed by atoms with Crippen molar-refractivity contribution < 1.29 is 14.8 Å². The van der Waals surface area contributed by atoms with Crippen molar-refractivity contribution in [3.8, 4) is 11.3 Å². The predicted octanol–water partition coefficient (Wildman–Crippen LogP) is 3.36. The SMILES string of the molecule is O=C(O)c1ccc(Cn2cc(-c3ccc(Br)cc3)nn2)c([N+](=O)[O-])c1. The highest BCUT2D eigenvalue weighted by Gasteiger charge is 2.18. The number of carboxylic acid groups (broad SMARTS) is 1. The van der Waals surface area contributed by atoms with Gasteiger partial charge in [-0.25, -0.2) is 9.48 Å². The summed E-state index contributed by atoms with van der Waals surface area (Å²) in [5, 5.41) is 28.2. The van der Waals surface area contributed by atoms with Gasteiger partial charge in [0.05, 0.1) is 28.8 Å². The predicted molar refractivity (Wildman–Crippen MR) is 92.3 cm³/mol. The molecule has 8 nitrogen and oxygen atoms in total. The molecule has 126 valence electrons. The molecule has 2 aromatic carbocycles. The Bertz CT molecular complexity index is 953. The van der Waals surface area contributed by atoms with Crippen molar-refractivity contribution in [2.75, 3.05) is 0 Å². The summed E-state index contributed by atoms with van der Waals surface area (Å²) < 4.78 is 2.41. The van der Waals surface area contributed by atoms with E-state index in [0.717, 1.165) is 16.1 Å². The average Bonchev–Trinajstić information content (AvgIpc) is 3.04. The van der Waals surface area contributed by atoms with Crippen molar-refractivity contribution in [2.45, 2.75) is 6.54 Å². The number of carboxylic acids is 1. The summed E-state index contributed by atoms with van der Waals surface area (Å²) in [4.78, 5) is 21.6. The molecular weight excluding hydrogens is 392 g/mol. The summed E-state index contributed by atoms with van der Waals surface area (Å²) in [5.74, 6) is -1.21. The molecule has 0 amide bonds. The fourth-order valence-electron chi connectivity index (χ4n) is 2.30. The maximum atomic E-state index is 11.2. The van der Waals surface area contributed by atoms with Gasteiger partial charge in [-0.3, -0.25) is 10.1 Å². The monoisotopic (exact) mass is 402 g/mol. The number of aromatic nitrogens is 3. The van der Waals surface area contributed by atoms with E-state index in [9.17, 15) is 14.9 Å². The van der Waals surface area contributed by atoms with Crippen molar-refractivity contribution in [1.29, 1.82) is 0 Å². The number of nitro groups is 1. The van der Waals surface area contributed by atoms with E-state index >= 15 is 0 Å². The van der Waals surface area contributed by atoms with Crippen LogP contribution in [0.1, 0.15) is 15.9 Å². The number of halogens is 1. The van der Waals surface area contributed by atoms with Crippen LogP contribution < -0.4 is 0 Å². The lowest BCUT2D eigenvalue weighted by Crippen LogP contribution is -2.06. The van der Waals surface area contributed by atoms with Crippen molar-refractivity contribution in [2.24, 2.45) is 0 Å². The Morgan fingerprint density at radius 2 is 1.96 bits per heavy atom. The van der Waals surface area contributed by atoms with Gasteiger partial charge in [0, 0.05) is 16.1 Å². The van der Waals surface area contributed by atoms with Crippen LogP contribution in [0, 0.1) is 10.1 Å². The van der Waals surface area contributed by atoms with Gasteiger partial charge in [-0.2, -0.15) is 0 Å². The first-order chi connectivity index (χ1) is 11.9.